The summed E-state index contributed by atoms with van der Waals surface area (Å²) in [6, 6.07) is 18.8. The molecular weight excluding hydrogens is 232 g/mol. The molecule has 2 heteroatoms. The van der Waals surface area contributed by atoms with Crippen molar-refractivity contribution in [2.45, 2.75) is 13.5 Å². The lowest BCUT2D eigenvalue weighted by molar-refractivity contribution is 1.15. The number of anilines is 1. The highest BCUT2D eigenvalue weighted by Crippen LogP contribution is 2.21. The SMILES string of the molecule is Cc1ccc(CNc2cccc3ncccc23)cc1. The lowest BCUT2D eigenvalue weighted by Crippen LogP contribution is -2.00. The van der Waals surface area contributed by atoms with Crippen molar-refractivity contribution in [2.75, 3.05) is 5.32 Å². The minimum absolute atomic E-state index is 0.828. The average Bonchev–Trinajstić information content (AvgIpc) is 2.47. The molecule has 1 heterocycles. The van der Waals surface area contributed by atoms with E-state index in [-0.39, 0.29) is 0 Å². The second-order valence-corrected chi connectivity index (χ2v) is 4.71. The summed E-state index contributed by atoms with van der Waals surface area (Å²) in [6.07, 6.45) is 1.83. The molecule has 0 aliphatic heterocycles. The zero-order valence-corrected chi connectivity index (χ0v) is 10.9. The maximum absolute atomic E-state index is 4.37. The van der Waals surface area contributed by atoms with Crippen molar-refractivity contribution in [1.82, 2.24) is 4.98 Å². The number of pyridine rings is 1. The molecule has 1 aromatic heterocycles. The molecule has 2 aromatic carbocycles. The van der Waals surface area contributed by atoms with Crippen LogP contribution in [0, 0.1) is 6.92 Å². The average molecular weight is 248 g/mol. The molecule has 3 aromatic rings. The quantitative estimate of drug-likeness (QED) is 0.753. The summed E-state index contributed by atoms with van der Waals surface area (Å²) in [5.74, 6) is 0. The van der Waals surface area contributed by atoms with E-state index in [1.54, 1.807) is 0 Å². The Kier molecular flexibility index (Phi) is 3.15. The van der Waals surface area contributed by atoms with Crippen LogP contribution in [0.4, 0.5) is 5.69 Å². The van der Waals surface area contributed by atoms with E-state index in [1.165, 1.54) is 11.1 Å². The molecule has 0 saturated heterocycles. The standard InChI is InChI=1S/C17H16N2/c1-13-7-9-14(10-8-13)12-19-17-6-2-5-16-15(17)4-3-11-18-16/h2-11,19H,12H2,1H3. The number of aryl methyl sites for hydroxylation is 1. The van der Waals surface area contributed by atoms with Gasteiger partial charge < -0.3 is 5.32 Å². The highest BCUT2D eigenvalue weighted by molar-refractivity contribution is 5.91. The lowest BCUT2D eigenvalue weighted by atomic mass is 10.1. The Morgan fingerprint density at radius 3 is 2.63 bits per heavy atom. The molecule has 0 fully saturated rings. The van der Waals surface area contributed by atoms with Gasteiger partial charge in [0.25, 0.3) is 0 Å². The first-order chi connectivity index (χ1) is 9.33. The molecule has 94 valence electrons. The number of nitrogens with zero attached hydrogens (tertiary/aromatic N) is 1. The third-order valence-corrected chi connectivity index (χ3v) is 3.25. The van der Waals surface area contributed by atoms with E-state index in [0.717, 1.165) is 23.1 Å². The van der Waals surface area contributed by atoms with Gasteiger partial charge in [-0.1, -0.05) is 35.9 Å². The fraction of sp³-hybridized carbons (Fsp3) is 0.118. The van der Waals surface area contributed by atoms with Crippen LogP contribution in [0.5, 0.6) is 0 Å². The Morgan fingerprint density at radius 1 is 0.947 bits per heavy atom. The molecular formula is C17H16N2. The van der Waals surface area contributed by atoms with Gasteiger partial charge in [-0.25, -0.2) is 0 Å². The van der Waals surface area contributed by atoms with Gasteiger partial charge in [0, 0.05) is 23.8 Å². The van der Waals surface area contributed by atoms with Crippen molar-refractivity contribution >= 4 is 16.6 Å². The molecule has 1 N–H and O–H groups in total. The van der Waals surface area contributed by atoms with Crippen LogP contribution in [0.25, 0.3) is 10.9 Å². The maximum Gasteiger partial charge on any atom is 0.0722 e. The molecule has 0 bridgehead atoms. The molecule has 0 saturated carbocycles. The van der Waals surface area contributed by atoms with Gasteiger partial charge in [0.15, 0.2) is 0 Å². The first-order valence-electron chi connectivity index (χ1n) is 6.46. The number of hydrogen-bond donors (Lipinski definition) is 1. The Hall–Kier alpha value is -2.35. The Morgan fingerprint density at radius 2 is 1.79 bits per heavy atom. The van der Waals surface area contributed by atoms with Crippen molar-refractivity contribution in [2.24, 2.45) is 0 Å². The minimum atomic E-state index is 0.828. The van der Waals surface area contributed by atoms with Crippen LogP contribution in [0.15, 0.2) is 60.8 Å². The van der Waals surface area contributed by atoms with Gasteiger partial charge in [-0.15, -0.1) is 0 Å². The zero-order valence-electron chi connectivity index (χ0n) is 10.9. The third-order valence-electron chi connectivity index (χ3n) is 3.25. The third kappa shape index (κ3) is 2.58. The Labute approximate surface area is 113 Å². The summed E-state index contributed by atoms with van der Waals surface area (Å²) in [5.41, 5.74) is 4.73. The number of aromatic nitrogens is 1. The van der Waals surface area contributed by atoms with Crippen LogP contribution in [0.3, 0.4) is 0 Å². The van der Waals surface area contributed by atoms with Gasteiger partial charge in [0.2, 0.25) is 0 Å². The fourth-order valence-electron chi connectivity index (χ4n) is 2.16. The summed E-state index contributed by atoms with van der Waals surface area (Å²) in [5, 5.41) is 4.65. The van der Waals surface area contributed by atoms with Crippen molar-refractivity contribution in [3.05, 3.63) is 71.9 Å². The predicted octanol–water partition coefficient (Wildman–Crippen LogP) is 4.16. The van der Waals surface area contributed by atoms with Gasteiger partial charge in [-0.2, -0.15) is 0 Å². The first-order valence-corrected chi connectivity index (χ1v) is 6.46. The van der Waals surface area contributed by atoms with Gasteiger partial charge >= 0.3 is 0 Å². The number of hydrogen-bond acceptors (Lipinski definition) is 2. The second-order valence-electron chi connectivity index (χ2n) is 4.71. The van der Waals surface area contributed by atoms with Crippen molar-refractivity contribution < 1.29 is 0 Å². The van der Waals surface area contributed by atoms with Crippen LogP contribution in [0.2, 0.25) is 0 Å². The van der Waals surface area contributed by atoms with Crippen molar-refractivity contribution in [3.8, 4) is 0 Å². The van der Waals surface area contributed by atoms with E-state index in [9.17, 15) is 0 Å². The lowest BCUT2D eigenvalue weighted by Gasteiger charge is -2.09. The summed E-state index contributed by atoms with van der Waals surface area (Å²) in [7, 11) is 0. The largest absolute Gasteiger partial charge is 0.380 e. The highest BCUT2D eigenvalue weighted by atomic mass is 14.9. The number of fused-ring (bicyclic) bond motifs is 1. The molecule has 0 atom stereocenters. The molecule has 0 radical (unpaired) electrons. The fourth-order valence-corrected chi connectivity index (χ4v) is 2.16. The summed E-state index contributed by atoms with van der Waals surface area (Å²) >= 11 is 0. The van der Waals surface area contributed by atoms with Crippen LogP contribution in [-0.2, 0) is 6.54 Å². The molecule has 0 unspecified atom stereocenters. The van der Waals surface area contributed by atoms with E-state index >= 15 is 0 Å². The monoisotopic (exact) mass is 248 g/mol. The van der Waals surface area contributed by atoms with Crippen LogP contribution < -0.4 is 5.32 Å². The summed E-state index contributed by atoms with van der Waals surface area (Å²) in [4.78, 5) is 4.37. The molecule has 2 nitrogen and oxygen atoms in total. The van der Waals surface area contributed by atoms with E-state index < -0.39 is 0 Å². The summed E-state index contributed by atoms with van der Waals surface area (Å²) in [6.45, 7) is 2.93. The minimum Gasteiger partial charge on any atom is -0.380 e. The highest BCUT2D eigenvalue weighted by Gasteiger charge is 2.00. The predicted molar refractivity (Wildman–Crippen MR) is 80.2 cm³/mol. The van der Waals surface area contributed by atoms with Gasteiger partial charge in [0.05, 0.1) is 5.52 Å². The topological polar surface area (TPSA) is 24.9 Å². The van der Waals surface area contributed by atoms with E-state index in [4.69, 9.17) is 0 Å². The Balaban J connectivity index is 1.84. The van der Waals surface area contributed by atoms with Crippen molar-refractivity contribution in [1.29, 1.82) is 0 Å². The number of benzene rings is 2. The van der Waals surface area contributed by atoms with Crippen LogP contribution in [0.1, 0.15) is 11.1 Å². The molecule has 0 aliphatic carbocycles. The molecule has 0 aliphatic rings. The van der Waals surface area contributed by atoms with Gasteiger partial charge in [0.1, 0.15) is 0 Å². The molecule has 0 spiro atoms. The number of nitrogens with one attached hydrogen (secondary N) is 1. The number of rotatable bonds is 3. The van der Waals surface area contributed by atoms with E-state index in [0.29, 0.717) is 0 Å². The molecule has 3 rings (SSSR count). The van der Waals surface area contributed by atoms with Crippen LogP contribution >= 0.6 is 0 Å². The van der Waals surface area contributed by atoms with Crippen LogP contribution in [-0.4, -0.2) is 4.98 Å². The van der Waals surface area contributed by atoms with E-state index in [2.05, 4.69) is 53.6 Å². The smallest absolute Gasteiger partial charge is 0.0722 e. The molecule has 0 amide bonds. The zero-order chi connectivity index (χ0) is 13.1. The Bertz CT molecular complexity index is 682. The van der Waals surface area contributed by atoms with Gasteiger partial charge in [-0.3, -0.25) is 4.98 Å². The van der Waals surface area contributed by atoms with E-state index in [1.807, 2.05) is 24.4 Å². The first kappa shape index (κ1) is 11.7. The maximum atomic E-state index is 4.37. The molecule has 19 heavy (non-hydrogen) atoms. The van der Waals surface area contributed by atoms with Gasteiger partial charge in [-0.05, 0) is 36.8 Å². The second kappa shape index (κ2) is 5.11. The normalized spacial score (nSPS) is 10.6. The van der Waals surface area contributed by atoms with Crippen molar-refractivity contribution in [3.63, 3.8) is 0 Å². The summed E-state index contributed by atoms with van der Waals surface area (Å²) < 4.78 is 0.